The number of likely N-dealkylation sites (N-methyl/N-ethyl adjacent to an activating group) is 1. The number of benzene rings is 2. The second-order valence-electron chi connectivity index (χ2n) is 7.02. The van der Waals surface area contributed by atoms with Gasteiger partial charge in [0.15, 0.2) is 0 Å². The predicted octanol–water partition coefficient (Wildman–Crippen LogP) is 3.52. The van der Waals surface area contributed by atoms with E-state index in [4.69, 9.17) is 9.47 Å². The molecule has 132 valence electrons. The molecule has 1 amide bonds. The molecule has 0 radical (unpaired) electrons. The summed E-state index contributed by atoms with van der Waals surface area (Å²) in [6, 6.07) is 12.4. The molecule has 2 saturated heterocycles. The molecule has 5 heteroatoms. The second kappa shape index (κ2) is 6.56. The van der Waals surface area contributed by atoms with E-state index < -0.39 is 0 Å². The summed E-state index contributed by atoms with van der Waals surface area (Å²) in [5.41, 5.74) is 0. The number of piperidine rings is 1. The third kappa shape index (κ3) is 3.04. The van der Waals surface area contributed by atoms with Crippen LogP contribution >= 0.6 is 0 Å². The number of carbonyl (C=O) groups is 1. The van der Waals surface area contributed by atoms with Gasteiger partial charge in [0.1, 0.15) is 11.5 Å². The number of hydrogen-bond acceptors (Lipinski definition) is 4. The molecule has 2 heterocycles. The van der Waals surface area contributed by atoms with Crippen molar-refractivity contribution >= 4 is 16.9 Å². The summed E-state index contributed by atoms with van der Waals surface area (Å²) in [4.78, 5) is 17.0. The van der Waals surface area contributed by atoms with Gasteiger partial charge in [0.2, 0.25) is 0 Å². The zero-order valence-electron chi connectivity index (χ0n) is 14.8. The van der Waals surface area contributed by atoms with Gasteiger partial charge < -0.3 is 14.4 Å². The summed E-state index contributed by atoms with van der Waals surface area (Å²) in [5, 5.41) is 1.92. The van der Waals surface area contributed by atoms with Gasteiger partial charge in [-0.05, 0) is 49.5 Å². The quantitative estimate of drug-likeness (QED) is 0.839. The Kier molecular flexibility index (Phi) is 4.25. The van der Waals surface area contributed by atoms with E-state index in [1.165, 1.54) is 6.42 Å². The number of hydrogen-bond donors (Lipinski definition) is 0. The standard InChI is InChI=1S/C20H24N2O3/c1-21-15-6-4-7-16(21)13-22(12-15)20(23)25-19-8-3-5-14-11-17(24-2)9-10-18(14)19/h3,5,8-11,15-16H,4,6-7,12-13H2,1-2H3. The second-order valence-corrected chi connectivity index (χ2v) is 7.02. The summed E-state index contributed by atoms with van der Waals surface area (Å²) in [6.45, 7) is 1.51. The van der Waals surface area contributed by atoms with Gasteiger partial charge in [-0.3, -0.25) is 4.90 Å². The van der Waals surface area contributed by atoms with Crippen LogP contribution in [0.1, 0.15) is 19.3 Å². The highest BCUT2D eigenvalue weighted by atomic mass is 16.6. The molecule has 25 heavy (non-hydrogen) atoms. The highest BCUT2D eigenvalue weighted by molar-refractivity contribution is 5.91. The zero-order valence-corrected chi connectivity index (χ0v) is 14.8. The SMILES string of the molecule is COc1ccc2c(OC(=O)N3CC4CCCC(C3)N4C)cccc2c1. The number of fused-ring (bicyclic) bond motifs is 3. The largest absolute Gasteiger partial charge is 0.497 e. The first-order valence-corrected chi connectivity index (χ1v) is 8.91. The van der Waals surface area contributed by atoms with Gasteiger partial charge in [-0.2, -0.15) is 0 Å². The van der Waals surface area contributed by atoms with E-state index >= 15 is 0 Å². The van der Waals surface area contributed by atoms with Crippen LogP contribution in [0.4, 0.5) is 4.79 Å². The van der Waals surface area contributed by atoms with Crippen LogP contribution in [0.5, 0.6) is 11.5 Å². The summed E-state index contributed by atoms with van der Waals surface area (Å²) < 4.78 is 11.0. The average molecular weight is 340 g/mol. The molecule has 2 aliphatic heterocycles. The van der Waals surface area contributed by atoms with Crippen molar-refractivity contribution < 1.29 is 14.3 Å². The molecule has 2 fully saturated rings. The maximum absolute atomic E-state index is 12.7. The van der Waals surface area contributed by atoms with Crippen molar-refractivity contribution in [2.24, 2.45) is 0 Å². The van der Waals surface area contributed by atoms with E-state index in [-0.39, 0.29) is 6.09 Å². The van der Waals surface area contributed by atoms with E-state index in [1.54, 1.807) is 7.11 Å². The first-order valence-electron chi connectivity index (χ1n) is 8.91. The van der Waals surface area contributed by atoms with E-state index in [9.17, 15) is 4.79 Å². The zero-order chi connectivity index (χ0) is 17.4. The third-order valence-electron chi connectivity index (χ3n) is 5.59. The Labute approximate surface area is 148 Å². The molecule has 0 spiro atoms. The fourth-order valence-corrected chi connectivity index (χ4v) is 4.07. The summed E-state index contributed by atoms with van der Waals surface area (Å²) in [7, 11) is 3.82. The number of piperazine rings is 1. The number of ether oxygens (including phenoxy) is 2. The van der Waals surface area contributed by atoms with Gasteiger partial charge in [0.05, 0.1) is 7.11 Å². The third-order valence-corrected chi connectivity index (χ3v) is 5.59. The average Bonchev–Trinajstić information content (AvgIpc) is 2.61. The fourth-order valence-electron chi connectivity index (χ4n) is 4.07. The van der Waals surface area contributed by atoms with Crippen LogP contribution in [-0.4, -0.2) is 55.2 Å². The van der Waals surface area contributed by atoms with Crippen molar-refractivity contribution in [2.75, 3.05) is 27.2 Å². The van der Waals surface area contributed by atoms with Crippen LogP contribution in [-0.2, 0) is 0 Å². The Bertz CT molecular complexity index is 778. The molecule has 4 rings (SSSR count). The lowest BCUT2D eigenvalue weighted by molar-refractivity contribution is 0.0169. The maximum atomic E-state index is 12.7. The predicted molar refractivity (Wildman–Crippen MR) is 97.3 cm³/mol. The normalized spacial score (nSPS) is 23.5. The molecule has 2 bridgehead atoms. The number of methoxy groups -OCH3 is 1. The first-order chi connectivity index (χ1) is 12.2. The van der Waals surface area contributed by atoms with Gasteiger partial charge in [0, 0.05) is 30.6 Å². The number of likely N-dealkylation sites (tertiary alicyclic amines) is 1. The van der Waals surface area contributed by atoms with E-state index in [1.807, 2.05) is 41.3 Å². The molecule has 2 aliphatic rings. The number of rotatable bonds is 2. The maximum Gasteiger partial charge on any atom is 0.415 e. The van der Waals surface area contributed by atoms with Gasteiger partial charge in [-0.25, -0.2) is 4.79 Å². The van der Waals surface area contributed by atoms with Crippen LogP contribution < -0.4 is 9.47 Å². The molecular formula is C20H24N2O3. The minimum atomic E-state index is -0.242. The molecule has 2 aromatic rings. The smallest absolute Gasteiger partial charge is 0.415 e. The molecule has 0 aliphatic carbocycles. The molecule has 0 saturated carbocycles. The van der Waals surface area contributed by atoms with E-state index in [0.717, 1.165) is 42.5 Å². The summed E-state index contributed by atoms with van der Waals surface area (Å²) >= 11 is 0. The fraction of sp³-hybridized carbons (Fsp3) is 0.450. The lowest BCUT2D eigenvalue weighted by atomic mass is 9.92. The number of nitrogens with zero attached hydrogens (tertiary/aromatic N) is 2. The van der Waals surface area contributed by atoms with Crippen LogP contribution in [0.15, 0.2) is 36.4 Å². The minimum Gasteiger partial charge on any atom is -0.497 e. The lowest BCUT2D eigenvalue weighted by Crippen LogP contribution is -2.60. The summed E-state index contributed by atoms with van der Waals surface area (Å²) in [6.07, 6.45) is 3.33. The Morgan fingerprint density at radius 1 is 1.12 bits per heavy atom. The van der Waals surface area contributed by atoms with Gasteiger partial charge >= 0.3 is 6.09 Å². The molecule has 0 aromatic heterocycles. The van der Waals surface area contributed by atoms with Gasteiger partial charge in [-0.1, -0.05) is 18.6 Å². The molecule has 0 N–H and O–H groups in total. The monoisotopic (exact) mass is 340 g/mol. The van der Waals surface area contributed by atoms with Crippen LogP contribution in [0, 0.1) is 0 Å². The van der Waals surface area contributed by atoms with Crippen LogP contribution in [0.25, 0.3) is 10.8 Å². The van der Waals surface area contributed by atoms with Crippen molar-refractivity contribution in [2.45, 2.75) is 31.3 Å². The van der Waals surface area contributed by atoms with Gasteiger partial charge in [-0.15, -0.1) is 0 Å². The van der Waals surface area contributed by atoms with Crippen molar-refractivity contribution in [3.05, 3.63) is 36.4 Å². The molecule has 2 atom stereocenters. The Hall–Kier alpha value is -2.27. The number of carbonyl (C=O) groups excluding carboxylic acids is 1. The number of amides is 1. The molecule has 5 nitrogen and oxygen atoms in total. The van der Waals surface area contributed by atoms with Crippen molar-refractivity contribution in [1.29, 1.82) is 0 Å². The van der Waals surface area contributed by atoms with E-state index in [2.05, 4.69) is 11.9 Å². The Balaban J connectivity index is 1.54. The van der Waals surface area contributed by atoms with Crippen LogP contribution in [0.2, 0.25) is 0 Å². The minimum absolute atomic E-state index is 0.242. The topological polar surface area (TPSA) is 42.0 Å². The lowest BCUT2D eigenvalue weighted by Gasteiger charge is -2.47. The Morgan fingerprint density at radius 3 is 2.60 bits per heavy atom. The van der Waals surface area contributed by atoms with Crippen molar-refractivity contribution in [1.82, 2.24) is 9.80 Å². The van der Waals surface area contributed by atoms with Crippen molar-refractivity contribution in [3.8, 4) is 11.5 Å². The van der Waals surface area contributed by atoms with Gasteiger partial charge in [0.25, 0.3) is 0 Å². The highest BCUT2D eigenvalue weighted by Gasteiger charge is 2.37. The summed E-state index contributed by atoms with van der Waals surface area (Å²) in [5.74, 6) is 1.40. The molecule has 2 aromatic carbocycles. The van der Waals surface area contributed by atoms with Crippen LogP contribution in [0.3, 0.4) is 0 Å². The van der Waals surface area contributed by atoms with Crippen molar-refractivity contribution in [3.63, 3.8) is 0 Å². The van der Waals surface area contributed by atoms with E-state index in [0.29, 0.717) is 17.8 Å². The first kappa shape index (κ1) is 16.2. The molecule has 2 unspecified atom stereocenters. The highest BCUT2D eigenvalue weighted by Crippen LogP contribution is 2.31. The molecular weight excluding hydrogens is 316 g/mol. The Morgan fingerprint density at radius 2 is 1.88 bits per heavy atom.